The van der Waals surface area contributed by atoms with E-state index in [1.165, 1.54) is 28.4 Å². The maximum atomic E-state index is 13.4. The van der Waals surface area contributed by atoms with Crippen molar-refractivity contribution in [1.29, 1.82) is 0 Å². The Hall–Kier alpha value is -2.89. The van der Waals surface area contributed by atoms with Crippen LogP contribution in [0.1, 0.15) is 33.2 Å². The summed E-state index contributed by atoms with van der Waals surface area (Å²) >= 11 is 0. The molecule has 1 saturated heterocycles. The van der Waals surface area contributed by atoms with Crippen molar-refractivity contribution in [3.63, 3.8) is 0 Å². The highest BCUT2D eigenvalue weighted by molar-refractivity contribution is 6.04. The lowest BCUT2D eigenvalue weighted by atomic mass is 9.98. The van der Waals surface area contributed by atoms with Gasteiger partial charge in [0.2, 0.25) is 5.75 Å². The van der Waals surface area contributed by atoms with Crippen LogP contribution in [0.15, 0.2) is 24.3 Å². The summed E-state index contributed by atoms with van der Waals surface area (Å²) in [5.74, 6) is 1.28. The van der Waals surface area contributed by atoms with E-state index in [-0.39, 0.29) is 33.0 Å². The number of rotatable bonds is 15. The molecule has 35 heavy (non-hydrogen) atoms. The van der Waals surface area contributed by atoms with Gasteiger partial charge < -0.3 is 42.6 Å². The van der Waals surface area contributed by atoms with Crippen molar-refractivity contribution in [1.82, 2.24) is 0 Å². The summed E-state index contributed by atoms with van der Waals surface area (Å²) in [6.45, 7) is 3.86. The Morgan fingerprint density at radius 2 is 1.20 bits per heavy atom. The molecule has 1 heterocycles. The fourth-order valence-electron chi connectivity index (χ4n) is 3.42. The Morgan fingerprint density at radius 1 is 0.714 bits per heavy atom. The zero-order valence-electron chi connectivity index (χ0n) is 20.9. The van der Waals surface area contributed by atoms with Gasteiger partial charge in [0.15, 0.2) is 50.6 Å². The fraction of sp³-hybridized carbons (Fsp3) is 0.480. The summed E-state index contributed by atoms with van der Waals surface area (Å²) in [6.07, 6.45) is -1.20. The maximum Gasteiger partial charge on any atom is 0.206 e. The molecule has 0 N–H and O–H groups in total. The van der Waals surface area contributed by atoms with Gasteiger partial charge in [0.05, 0.1) is 5.56 Å². The Bertz CT molecular complexity index is 977. The van der Waals surface area contributed by atoms with Crippen LogP contribution in [-0.2, 0) is 23.7 Å². The lowest BCUT2D eigenvalue weighted by molar-refractivity contribution is 0.0217. The van der Waals surface area contributed by atoms with Crippen LogP contribution >= 0.6 is 0 Å². The number of hydrogen-bond acceptors (Lipinski definition) is 10. The highest BCUT2D eigenvalue weighted by Crippen LogP contribution is 2.48. The Balaban J connectivity index is 1.91. The Morgan fingerprint density at radius 3 is 1.74 bits per heavy atom. The molecule has 0 aliphatic carbocycles. The van der Waals surface area contributed by atoms with Crippen molar-refractivity contribution >= 4 is 5.78 Å². The fourth-order valence-corrected chi connectivity index (χ4v) is 3.42. The van der Waals surface area contributed by atoms with Gasteiger partial charge in [-0.3, -0.25) is 4.79 Å². The van der Waals surface area contributed by atoms with Crippen LogP contribution in [0.25, 0.3) is 0 Å². The van der Waals surface area contributed by atoms with Crippen molar-refractivity contribution in [2.45, 2.75) is 26.1 Å². The summed E-state index contributed by atoms with van der Waals surface area (Å²) in [5.41, 5.74) is 3.09. The number of aryl methyl sites for hydroxylation is 2. The topological polar surface area (TPSA) is 103 Å². The standard InChI is InChI=1S/C25H32O10/c1-15-7-18(19(8-16(15)2)31-11-27-3)22(26)25-23(35-25)17-9-20(32-12-28-4)24(34-14-30-6)21(10-17)33-13-29-5/h7-10,23,25H,11-14H2,1-6H3. The molecule has 0 bridgehead atoms. The molecule has 10 nitrogen and oxygen atoms in total. The van der Waals surface area contributed by atoms with Gasteiger partial charge in [-0.25, -0.2) is 0 Å². The second kappa shape index (κ2) is 12.7. The number of epoxide rings is 1. The van der Waals surface area contributed by atoms with E-state index in [2.05, 4.69) is 0 Å². The van der Waals surface area contributed by atoms with Crippen LogP contribution in [0, 0.1) is 13.8 Å². The molecule has 0 amide bonds. The van der Waals surface area contributed by atoms with Gasteiger partial charge in [-0.2, -0.15) is 0 Å². The molecule has 3 rings (SSSR count). The van der Waals surface area contributed by atoms with Crippen LogP contribution in [0.5, 0.6) is 23.0 Å². The number of Topliss-reactive ketones (excluding diaryl/α,β-unsaturated/α-hetero) is 1. The molecule has 0 radical (unpaired) electrons. The van der Waals surface area contributed by atoms with Crippen LogP contribution in [0.4, 0.5) is 0 Å². The normalized spacial score (nSPS) is 16.6. The second-order valence-corrected chi connectivity index (χ2v) is 7.82. The van der Waals surface area contributed by atoms with Crippen molar-refractivity contribution < 1.29 is 47.4 Å². The number of ether oxygens (including phenoxy) is 9. The smallest absolute Gasteiger partial charge is 0.206 e. The highest BCUT2D eigenvalue weighted by atomic mass is 16.7. The summed E-state index contributed by atoms with van der Waals surface area (Å²) in [4.78, 5) is 13.4. The monoisotopic (exact) mass is 492 g/mol. The first-order valence-electron chi connectivity index (χ1n) is 10.9. The summed E-state index contributed by atoms with van der Waals surface area (Å²) < 4.78 is 48.6. The van der Waals surface area contributed by atoms with E-state index < -0.39 is 12.2 Å². The molecular formula is C25H32O10. The number of ketones is 1. The van der Waals surface area contributed by atoms with Gasteiger partial charge in [-0.1, -0.05) is 0 Å². The Labute approximate surface area is 204 Å². The highest BCUT2D eigenvalue weighted by Gasteiger charge is 2.47. The zero-order chi connectivity index (χ0) is 25.4. The van der Waals surface area contributed by atoms with E-state index >= 15 is 0 Å². The van der Waals surface area contributed by atoms with Crippen LogP contribution in [0.2, 0.25) is 0 Å². The van der Waals surface area contributed by atoms with Gasteiger partial charge in [0.25, 0.3) is 0 Å². The minimum absolute atomic E-state index is 0.0206. The molecule has 0 spiro atoms. The first-order chi connectivity index (χ1) is 16.9. The third kappa shape index (κ3) is 6.62. The molecule has 192 valence electrons. The van der Waals surface area contributed by atoms with Crippen molar-refractivity contribution in [2.75, 3.05) is 55.6 Å². The molecule has 1 fully saturated rings. The van der Waals surface area contributed by atoms with E-state index in [0.717, 1.165) is 11.1 Å². The number of hydrogen-bond donors (Lipinski definition) is 0. The molecule has 1 aliphatic heterocycles. The zero-order valence-corrected chi connectivity index (χ0v) is 20.9. The second-order valence-electron chi connectivity index (χ2n) is 7.82. The summed E-state index contributed by atoms with van der Waals surface area (Å²) in [6, 6.07) is 7.09. The van der Waals surface area contributed by atoms with Crippen LogP contribution < -0.4 is 18.9 Å². The first-order valence-corrected chi connectivity index (χ1v) is 10.9. The third-order valence-corrected chi connectivity index (χ3v) is 5.30. The SMILES string of the molecule is COCOc1cc(C)c(C)cc1C(=O)C1OC1c1cc(OCOC)c(OCOC)c(OCOC)c1. The van der Waals surface area contributed by atoms with E-state index in [9.17, 15) is 4.79 Å². The van der Waals surface area contributed by atoms with E-state index in [1.54, 1.807) is 12.1 Å². The van der Waals surface area contributed by atoms with Crippen molar-refractivity contribution in [3.05, 3.63) is 46.5 Å². The number of benzene rings is 2. The van der Waals surface area contributed by atoms with Gasteiger partial charge in [0, 0.05) is 28.4 Å². The van der Waals surface area contributed by atoms with E-state index in [0.29, 0.717) is 34.1 Å². The molecule has 10 heteroatoms. The third-order valence-electron chi connectivity index (χ3n) is 5.30. The number of carbonyl (C=O) groups is 1. The molecule has 1 aliphatic rings. The minimum Gasteiger partial charge on any atom is -0.467 e. The Kier molecular flexibility index (Phi) is 9.70. The first kappa shape index (κ1) is 26.7. The predicted molar refractivity (Wildman–Crippen MR) is 124 cm³/mol. The molecular weight excluding hydrogens is 460 g/mol. The molecule has 2 aromatic rings. The average molecular weight is 493 g/mol. The lowest BCUT2D eigenvalue weighted by Crippen LogP contribution is -2.13. The van der Waals surface area contributed by atoms with Gasteiger partial charge >= 0.3 is 0 Å². The van der Waals surface area contributed by atoms with E-state index in [1.807, 2.05) is 26.0 Å². The van der Waals surface area contributed by atoms with Gasteiger partial charge in [-0.05, 0) is 54.8 Å². The van der Waals surface area contributed by atoms with Gasteiger partial charge in [-0.15, -0.1) is 0 Å². The molecule has 0 aromatic heterocycles. The molecule has 2 atom stereocenters. The molecule has 2 aromatic carbocycles. The largest absolute Gasteiger partial charge is 0.467 e. The quantitative estimate of drug-likeness (QED) is 0.208. The van der Waals surface area contributed by atoms with E-state index in [4.69, 9.17) is 42.6 Å². The van der Waals surface area contributed by atoms with Gasteiger partial charge in [0.1, 0.15) is 11.9 Å². The minimum atomic E-state index is -0.696. The number of carbonyl (C=O) groups excluding carboxylic acids is 1. The molecule has 0 saturated carbocycles. The average Bonchev–Trinajstić information content (AvgIpc) is 3.66. The van der Waals surface area contributed by atoms with Crippen LogP contribution in [-0.4, -0.2) is 67.5 Å². The van der Waals surface area contributed by atoms with Crippen molar-refractivity contribution in [3.8, 4) is 23.0 Å². The van der Waals surface area contributed by atoms with Crippen molar-refractivity contribution in [2.24, 2.45) is 0 Å². The predicted octanol–water partition coefficient (Wildman–Crippen LogP) is 3.56. The molecule has 2 unspecified atom stereocenters. The lowest BCUT2D eigenvalue weighted by Gasteiger charge is -2.17. The summed E-state index contributed by atoms with van der Waals surface area (Å²) in [7, 11) is 6.04. The number of methoxy groups -OCH3 is 4. The van der Waals surface area contributed by atoms with Crippen LogP contribution in [0.3, 0.4) is 0 Å². The summed E-state index contributed by atoms with van der Waals surface area (Å²) in [5, 5.41) is 0. The maximum absolute atomic E-state index is 13.4.